The number of hydrogen-bond donors (Lipinski definition) is 1. The number of para-hydroxylation sites is 1. The number of carbonyl (C=O) groups is 1. The number of aryl methyl sites for hydroxylation is 1. The lowest BCUT2D eigenvalue weighted by molar-refractivity contribution is -0.117. The van der Waals surface area contributed by atoms with Gasteiger partial charge >= 0.3 is 0 Å². The molecule has 0 aliphatic heterocycles. The molecule has 0 atom stereocenters. The van der Waals surface area contributed by atoms with Crippen LogP contribution in [0.1, 0.15) is 17.5 Å². The van der Waals surface area contributed by atoms with E-state index in [9.17, 15) is 10.1 Å². The molecule has 7 heteroatoms. The minimum atomic E-state index is -0.429. The maximum atomic E-state index is 12.6. The molecule has 0 radical (unpaired) electrons. The molecule has 3 rings (SSSR count). The molecule has 0 aliphatic rings. The molecule has 1 heterocycles. The van der Waals surface area contributed by atoms with Crippen molar-refractivity contribution in [3.05, 3.63) is 84.1 Å². The van der Waals surface area contributed by atoms with Gasteiger partial charge < -0.3 is 14.8 Å². The molecule has 1 N–H and O–H groups in total. The number of nitrogens with zero attached hydrogens (tertiary/aromatic N) is 3. The summed E-state index contributed by atoms with van der Waals surface area (Å²) in [6, 6.07) is 17.5. The molecule has 3 aromatic rings. The van der Waals surface area contributed by atoms with Crippen molar-refractivity contribution < 1.29 is 14.3 Å². The zero-order valence-electron chi connectivity index (χ0n) is 19.5. The third kappa shape index (κ3) is 6.21. The van der Waals surface area contributed by atoms with E-state index >= 15 is 0 Å². The molecule has 2 aromatic carbocycles. The van der Waals surface area contributed by atoms with Crippen LogP contribution in [0.15, 0.2) is 73.0 Å². The van der Waals surface area contributed by atoms with Gasteiger partial charge in [-0.15, -0.1) is 0 Å². The monoisotopic (exact) mass is 456 g/mol. The Kier molecular flexibility index (Phi) is 8.78. The molecule has 0 bridgehead atoms. The Morgan fingerprint density at radius 3 is 2.74 bits per heavy atom. The van der Waals surface area contributed by atoms with Crippen molar-refractivity contribution in [2.45, 2.75) is 13.3 Å². The number of nitriles is 1. The lowest BCUT2D eigenvalue weighted by Crippen LogP contribution is -2.26. The SMILES string of the molecule is C=CCOc1ccc(-c2nn(-c3ccccc3)cc2/C=C(/C#N)C(=O)NCCCOC)cc1C. The minimum Gasteiger partial charge on any atom is -0.489 e. The van der Waals surface area contributed by atoms with Gasteiger partial charge in [0.15, 0.2) is 0 Å². The first-order chi connectivity index (χ1) is 16.6. The highest BCUT2D eigenvalue weighted by Gasteiger charge is 2.16. The molecule has 0 fully saturated rings. The van der Waals surface area contributed by atoms with Crippen LogP contribution in [0.5, 0.6) is 5.75 Å². The third-order valence-corrected chi connectivity index (χ3v) is 5.04. The fourth-order valence-electron chi connectivity index (χ4n) is 3.36. The summed E-state index contributed by atoms with van der Waals surface area (Å²) in [5, 5.41) is 17.2. The molecular weight excluding hydrogens is 428 g/mol. The minimum absolute atomic E-state index is 0.00827. The van der Waals surface area contributed by atoms with E-state index in [4.69, 9.17) is 14.6 Å². The Bertz CT molecular complexity index is 1210. The van der Waals surface area contributed by atoms with Crippen molar-refractivity contribution in [2.24, 2.45) is 0 Å². The molecule has 0 aliphatic carbocycles. The maximum Gasteiger partial charge on any atom is 0.261 e. The van der Waals surface area contributed by atoms with Crippen LogP contribution < -0.4 is 10.1 Å². The van der Waals surface area contributed by atoms with Crippen molar-refractivity contribution in [2.75, 3.05) is 26.9 Å². The van der Waals surface area contributed by atoms with Gasteiger partial charge in [-0.1, -0.05) is 30.9 Å². The number of methoxy groups -OCH3 is 1. The predicted molar refractivity (Wildman–Crippen MR) is 133 cm³/mol. The Morgan fingerprint density at radius 1 is 1.26 bits per heavy atom. The van der Waals surface area contributed by atoms with Crippen molar-refractivity contribution in [3.8, 4) is 28.8 Å². The van der Waals surface area contributed by atoms with E-state index in [1.54, 1.807) is 23.9 Å². The summed E-state index contributed by atoms with van der Waals surface area (Å²) < 4.78 is 12.4. The van der Waals surface area contributed by atoms with Crippen LogP contribution in [0.25, 0.3) is 23.0 Å². The van der Waals surface area contributed by atoms with Gasteiger partial charge in [-0.3, -0.25) is 4.79 Å². The molecule has 0 saturated carbocycles. The molecule has 1 aromatic heterocycles. The van der Waals surface area contributed by atoms with Gasteiger partial charge in [0.2, 0.25) is 0 Å². The lowest BCUT2D eigenvalue weighted by Gasteiger charge is -2.09. The van der Waals surface area contributed by atoms with E-state index < -0.39 is 5.91 Å². The normalized spacial score (nSPS) is 11.0. The average Bonchev–Trinajstić information content (AvgIpc) is 3.28. The van der Waals surface area contributed by atoms with Gasteiger partial charge in [-0.2, -0.15) is 10.4 Å². The molecule has 174 valence electrons. The molecule has 1 amide bonds. The second-order valence-electron chi connectivity index (χ2n) is 7.57. The van der Waals surface area contributed by atoms with Crippen molar-refractivity contribution >= 4 is 12.0 Å². The smallest absolute Gasteiger partial charge is 0.261 e. The fraction of sp³-hybridized carbons (Fsp3) is 0.222. The van der Waals surface area contributed by atoms with E-state index in [0.29, 0.717) is 37.4 Å². The molecular formula is C27H28N4O3. The number of benzene rings is 2. The Hall–Kier alpha value is -4.15. The number of ether oxygens (including phenoxy) is 2. The van der Waals surface area contributed by atoms with Crippen LogP contribution in [-0.2, 0) is 9.53 Å². The fourth-order valence-corrected chi connectivity index (χ4v) is 3.36. The first kappa shape index (κ1) is 24.5. The maximum absolute atomic E-state index is 12.6. The summed E-state index contributed by atoms with van der Waals surface area (Å²) in [6.45, 7) is 7.02. The highest BCUT2D eigenvalue weighted by atomic mass is 16.5. The van der Waals surface area contributed by atoms with Crippen LogP contribution in [0, 0.1) is 18.3 Å². The summed E-state index contributed by atoms with van der Waals surface area (Å²) in [5.41, 5.74) is 3.98. The van der Waals surface area contributed by atoms with Crippen LogP contribution in [-0.4, -0.2) is 42.6 Å². The second-order valence-corrected chi connectivity index (χ2v) is 7.57. The summed E-state index contributed by atoms with van der Waals surface area (Å²) in [5.74, 6) is 0.331. The third-order valence-electron chi connectivity index (χ3n) is 5.04. The summed E-state index contributed by atoms with van der Waals surface area (Å²) in [7, 11) is 1.61. The zero-order chi connectivity index (χ0) is 24.3. The van der Waals surface area contributed by atoms with E-state index in [1.165, 1.54) is 0 Å². The predicted octanol–water partition coefficient (Wildman–Crippen LogP) is 4.47. The average molecular weight is 457 g/mol. The number of amides is 1. The molecule has 7 nitrogen and oxygen atoms in total. The van der Waals surface area contributed by atoms with Crippen molar-refractivity contribution in [3.63, 3.8) is 0 Å². The number of hydrogen-bond acceptors (Lipinski definition) is 5. The second kappa shape index (κ2) is 12.2. The van der Waals surface area contributed by atoms with Crippen LogP contribution in [0.2, 0.25) is 0 Å². The van der Waals surface area contributed by atoms with Gasteiger partial charge in [0.25, 0.3) is 5.91 Å². The Balaban J connectivity index is 2.00. The largest absolute Gasteiger partial charge is 0.489 e. The van der Waals surface area contributed by atoms with Crippen LogP contribution >= 0.6 is 0 Å². The van der Waals surface area contributed by atoms with Crippen LogP contribution in [0.3, 0.4) is 0 Å². The lowest BCUT2D eigenvalue weighted by atomic mass is 10.0. The van der Waals surface area contributed by atoms with Gasteiger partial charge in [-0.25, -0.2) is 4.68 Å². The molecule has 34 heavy (non-hydrogen) atoms. The van der Waals surface area contributed by atoms with Crippen molar-refractivity contribution in [1.82, 2.24) is 15.1 Å². The summed E-state index contributed by atoms with van der Waals surface area (Å²) >= 11 is 0. The van der Waals surface area contributed by atoms with Gasteiger partial charge in [0.05, 0.1) is 5.69 Å². The van der Waals surface area contributed by atoms with Crippen molar-refractivity contribution in [1.29, 1.82) is 5.26 Å². The van der Waals surface area contributed by atoms with Gasteiger partial charge in [0.1, 0.15) is 29.7 Å². The number of rotatable bonds is 11. The molecule has 0 unspecified atom stereocenters. The van der Waals surface area contributed by atoms with E-state index in [0.717, 1.165) is 22.6 Å². The number of carbonyl (C=O) groups excluding carboxylic acids is 1. The highest BCUT2D eigenvalue weighted by molar-refractivity contribution is 6.02. The quantitative estimate of drug-likeness (QED) is 0.199. The Morgan fingerprint density at radius 2 is 2.06 bits per heavy atom. The molecule has 0 saturated heterocycles. The first-order valence-corrected chi connectivity index (χ1v) is 11.0. The zero-order valence-corrected chi connectivity index (χ0v) is 19.5. The summed E-state index contributed by atoms with van der Waals surface area (Å²) in [4.78, 5) is 12.6. The Labute approximate surface area is 199 Å². The van der Waals surface area contributed by atoms with Gasteiger partial charge in [-0.05, 0) is 55.3 Å². The van der Waals surface area contributed by atoms with Crippen LogP contribution in [0.4, 0.5) is 0 Å². The van der Waals surface area contributed by atoms with E-state index in [2.05, 4.69) is 11.9 Å². The number of aromatic nitrogens is 2. The van der Waals surface area contributed by atoms with Gasteiger partial charge in [0, 0.05) is 37.6 Å². The number of nitrogens with one attached hydrogen (secondary N) is 1. The standard InChI is InChI=1S/C27H28N4O3/c1-4-14-34-25-12-11-21(16-20(25)2)26-23(19-31(30-26)24-9-6-5-7-10-24)17-22(18-28)27(32)29-13-8-15-33-3/h4-7,9-12,16-17,19H,1,8,13-15H2,2-3H3,(H,29,32)/b22-17-. The van der Waals surface area contributed by atoms with E-state index in [1.807, 2.05) is 67.7 Å². The summed E-state index contributed by atoms with van der Waals surface area (Å²) in [6.07, 6.45) is 5.75. The molecule has 0 spiro atoms. The highest BCUT2D eigenvalue weighted by Crippen LogP contribution is 2.30. The first-order valence-electron chi connectivity index (χ1n) is 11.0. The topological polar surface area (TPSA) is 89.2 Å². The van der Waals surface area contributed by atoms with E-state index in [-0.39, 0.29) is 5.57 Å².